The Bertz CT molecular complexity index is 1090. The highest BCUT2D eigenvalue weighted by Crippen LogP contribution is 2.27. The van der Waals surface area contributed by atoms with Crippen LogP contribution in [0.3, 0.4) is 0 Å². The molecule has 10 heteroatoms. The number of anilines is 2. The van der Waals surface area contributed by atoms with E-state index in [1.165, 1.54) is 12.1 Å². The molecule has 0 amide bonds. The molecule has 2 aromatic carbocycles. The predicted molar refractivity (Wildman–Crippen MR) is 115 cm³/mol. The smallest absolute Gasteiger partial charge is 0.240 e. The monoisotopic (exact) mass is 438 g/mol. The van der Waals surface area contributed by atoms with Crippen LogP contribution in [0.15, 0.2) is 41.3 Å². The SMILES string of the molecule is Cc1cc(Nc2n[nH]c3ccc(S(=O)(=O)NCCCOCCS)cc23)ccc1F. The van der Waals surface area contributed by atoms with Crippen LogP contribution in [0.1, 0.15) is 12.0 Å². The second-order valence-corrected chi connectivity index (χ2v) is 8.67. The number of benzene rings is 2. The predicted octanol–water partition coefficient (Wildman–Crippen LogP) is 3.37. The molecule has 0 aliphatic rings. The van der Waals surface area contributed by atoms with Gasteiger partial charge in [0, 0.05) is 30.0 Å². The standard InChI is InChI=1S/C19H23FN4O3S2/c1-13-11-14(3-5-17(13)20)22-19-16-12-15(4-6-18(16)23-24-19)29(25,26)21-7-2-8-27-9-10-28/h3-6,11-12,21,28H,2,7-10H2,1H3,(H2,22,23,24). The first-order valence-electron chi connectivity index (χ1n) is 9.10. The molecule has 1 heterocycles. The van der Waals surface area contributed by atoms with Crippen molar-refractivity contribution >= 4 is 45.1 Å². The topological polar surface area (TPSA) is 96.1 Å². The fourth-order valence-electron chi connectivity index (χ4n) is 2.75. The molecule has 0 saturated heterocycles. The normalized spacial score (nSPS) is 11.8. The molecule has 0 radical (unpaired) electrons. The van der Waals surface area contributed by atoms with Crippen LogP contribution in [-0.4, -0.2) is 44.1 Å². The van der Waals surface area contributed by atoms with Gasteiger partial charge in [-0.25, -0.2) is 17.5 Å². The van der Waals surface area contributed by atoms with Gasteiger partial charge in [0.1, 0.15) is 5.82 Å². The Hall–Kier alpha value is -2.14. The number of rotatable bonds is 10. The summed E-state index contributed by atoms with van der Waals surface area (Å²) < 4.78 is 46.5. The molecule has 0 fully saturated rings. The number of hydrogen-bond acceptors (Lipinski definition) is 6. The Morgan fingerprint density at radius 1 is 1.21 bits per heavy atom. The highest BCUT2D eigenvalue weighted by atomic mass is 32.2. The van der Waals surface area contributed by atoms with Gasteiger partial charge in [0.05, 0.1) is 17.0 Å². The van der Waals surface area contributed by atoms with Gasteiger partial charge in [0.25, 0.3) is 0 Å². The van der Waals surface area contributed by atoms with E-state index in [4.69, 9.17) is 4.74 Å². The van der Waals surface area contributed by atoms with Crippen molar-refractivity contribution in [2.75, 3.05) is 30.8 Å². The second-order valence-electron chi connectivity index (χ2n) is 6.46. The number of nitrogens with one attached hydrogen (secondary N) is 3. The molecule has 0 aliphatic carbocycles. The van der Waals surface area contributed by atoms with Gasteiger partial charge in [-0.3, -0.25) is 5.10 Å². The van der Waals surface area contributed by atoms with Crippen LogP contribution >= 0.6 is 12.6 Å². The Morgan fingerprint density at radius 3 is 2.79 bits per heavy atom. The number of aromatic nitrogens is 2. The molecule has 156 valence electrons. The lowest BCUT2D eigenvalue weighted by Crippen LogP contribution is -2.25. The lowest BCUT2D eigenvalue weighted by Gasteiger charge is -2.08. The zero-order valence-electron chi connectivity index (χ0n) is 15.9. The molecule has 0 unspecified atom stereocenters. The molecule has 0 bridgehead atoms. The largest absolute Gasteiger partial charge is 0.381 e. The Kier molecular flexibility index (Phi) is 7.12. The van der Waals surface area contributed by atoms with Crippen LogP contribution < -0.4 is 10.0 Å². The van der Waals surface area contributed by atoms with Gasteiger partial charge in [-0.15, -0.1) is 0 Å². The number of hydrogen-bond donors (Lipinski definition) is 4. The first-order valence-corrected chi connectivity index (χ1v) is 11.2. The third kappa shape index (κ3) is 5.47. The van der Waals surface area contributed by atoms with Gasteiger partial charge in [-0.05, 0) is 55.3 Å². The van der Waals surface area contributed by atoms with Crippen molar-refractivity contribution in [3.63, 3.8) is 0 Å². The summed E-state index contributed by atoms with van der Waals surface area (Å²) in [7, 11) is -3.66. The number of aryl methyl sites for hydroxylation is 1. The fraction of sp³-hybridized carbons (Fsp3) is 0.316. The van der Waals surface area contributed by atoms with Crippen molar-refractivity contribution < 1.29 is 17.5 Å². The third-order valence-electron chi connectivity index (χ3n) is 4.26. The minimum atomic E-state index is -3.66. The van der Waals surface area contributed by atoms with Crippen molar-refractivity contribution in [1.82, 2.24) is 14.9 Å². The molecule has 3 aromatic rings. The molecule has 29 heavy (non-hydrogen) atoms. The van der Waals surface area contributed by atoms with Crippen LogP contribution in [0.25, 0.3) is 10.9 Å². The number of thiol groups is 1. The molecule has 1 aromatic heterocycles. The van der Waals surface area contributed by atoms with Crippen LogP contribution in [0.5, 0.6) is 0 Å². The van der Waals surface area contributed by atoms with Crippen LogP contribution in [0.4, 0.5) is 15.9 Å². The minimum Gasteiger partial charge on any atom is -0.381 e. The van der Waals surface area contributed by atoms with Gasteiger partial charge in [-0.1, -0.05) is 0 Å². The van der Waals surface area contributed by atoms with Gasteiger partial charge < -0.3 is 10.1 Å². The summed E-state index contributed by atoms with van der Waals surface area (Å²) in [5.74, 6) is 0.797. The number of nitrogens with zero attached hydrogens (tertiary/aromatic N) is 1. The lowest BCUT2D eigenvalue weighted by atomic mass is 10.2. The summed E-state index contributed by atoms with van der Waals surface area (Å²) in [6, 6.07) is 9.36. The van der Waals surface area contributed by atoms with Crippen molar-refractivity contribution in [1.29, 1.82) is 0 Å². The van der Waals surface area contributed by atoms with E-state index in [1.54, 1.807) is 31.2 Å². The summed E-state index contributed by atoms with van der Waals surface area (Å²) in [5, 5.41) is 10.8. The summed E-state index contributed by atoms with van der Waals surface area (Å²) >= 11 is 4.05. The molecular formula is C19H23FN4O3S2. The quantitative estimate of drug-likeness (QED) is 0.288. The van der Waals surface area contributed by atoms with Crippen molar-refractivity contribution in [2.45, 2.75) is 18.2 Å². The summed E-state index contributed by atoms with van der Waals surface area (Å²) in [4.78, 5) is 0.140. The second kappa shape index (κ2) is 9.57. The molecule has 0 aliphatic heterocycles. The Labute approximate surface area is 174 Å². The van der Waals surface area contributed by atoms with Gasteiger partial charge in [-0.2, -0.15) is 17.7 Å². The maximum absolute atomic E-state index is 13.5. The molecule has 0 atom stereocenters. The number of ether oxygens (including phenoxy) is 1. The van der Waals surface area contributed by atoms with E-state index < -0.39 is 10.0 Å². The molecule has 0 saturated carbocycles. The van der Waals surface area contributed by atoms with E-state index >= 15 is 0 Å². The van der Waals surface area contributed by atoms with Gasteiger partial charge in [0.2, 0.25) is 10.0 Å². The van der Waals surface area contributed by atoms with E-state index in [0.29, 0.717) is 53.4 Å². The summed E-state index contributed by atoms with van der Waals surface area (Å²) in [5.41, 5.74) is 1.84. The summed E-state index contributed by atoms with van der Waals surface area (Å²) in [6.07, 6.45) is 0.567. The highest BCUT2D eigenvalue weighted by Gasteiger charge is 2.16. The zero-order chi connectivity index (χ0) is 20.9. The number of fused-ring (bicyclic) bond motifs is 1. The average Bonchev–Trinajstić information content (AvgIpc) is 3.09. The Morgan fingerprint density at radius 2 is 2.03 bits per heavy atom. The van der Waals surface area contributed by atoms with Gasteiger partial charge >= 0.3 is 0 Å². The minimum absolute atomic E-state index is 0.140. The highest BCUT2D eigenvalue weighted by molar-refractivity contribution is 7.89. The number of halogens is 1. The molecular weight excluding hydrogens is 415 g/mol. The van der Waals surface area contributed by atoms with Crippen molar-refractivity contribution in [2.24, 2.45) is 0 Å². The molecule has 0 spiro atoms. The van der Waals surface area contributed by atoms with Crippen molar-refractivity contribution in [3.05, 3.63) is 47.8 Å². The van der Waals surface area contributed by atoms with Crippen LogP contribution in [0, 0.1) is 12.7 Å². The number of sulfonamides is 1. The molecule has 3 rings (SSSR count). The Balaban J connectivity index is 1.75. The van der Waals surface area contributed by atoms with Crippen molar-refractivity contribution in [3.8, 4) is 0 Å². The first kappa shape index (κ1) is 21.6. The van der Waals surface area contributed by atoms with E-state index in [2.05, 4.69) is 32.9 Å². The van der Waals surface area contributed by atoms with E-state index in [9.17, 15) is 12.8 Å². The average molecular weight is 439 g/mol. The van der Waals surface area contributed by atoms with Crippen LogP contribution in [-0.2, 0) is 14.8 Å². The maximum atomic E-state index is 13.5. The lowest BCUT2D eigenvalue weighted by molar-refractivity contribution is 0.148. The first-order chi connectivity index (χ1) is 13.9. The van der Waals surface area contributed by atoms with Crippen LogP contribution in [0.2, 0.25) is 0 Å². The van der Waals surface area contributed by atoms with E-state index in [-0.39, 0.29) is 17.3 Å². The fourth-order valence-corrected chi connectivity index (χ4v) is 3.97. The van der Waals surface area contributed by atoms with E-state index in [1.807, 2.05) is 0 Å². The summed E-state index contributed by atoms with van der Waals surface area (Å²) in [6.45, 7) is 2.95. The third-order valence-corrected chi connectivity index (χ3v) is 5.90. The molecule has 7 nitrogen and oxygen atoms in total. The number of aromatic amines is 1. The number of H-pyrrole nitrogens is 1. The molecule has 3 N–H and O–H groups in total. The van der Waals surface area contributed by atoms with E-state index in [0.717, 1.165) is 0 Å². The maximum Gasteiger partial charge on any atom is 0.240 e. The van der Waals surface area contributed by atoms with Gasteiger partial charge in [0.15, 0.2) is 5.82 Å². The zero-order valence-corrected chi connectivity index (χ0v) is 17.6.